The Morgan fingerprint density at radius 3 is 3.00 bits per heavy atom. The first kappa shape index (κ1) is 10.4. The number of aromatic amines is 1. The lowest BCUT2D eigenvalue weighted by atomic mass is 10.2. The van der Waals surface area contributed by atoms with Gasteiger partial charge in [-0.2, -0.15) is 4.98 Å². The Labute approximate surface area is 90.6 Å². The maximum atomic E-state index is 11.7. The maximum Gasteiger partial charge on any atom is 0.278 e. The van der Waals surface area contributed by atoms with Crippen LogP contribution in [0.4, 0.5) is 17.5 Å². The van der Waals surface area contributed by atoms with E-state index < -0.39 is 5.56 Å². The summed E-state index contributed by atoms with van der Waals surface area (Å²) >= 11 is 0. The van der Waals surface area contributed by atoms with Crippen LogP contribution in [0.1, 0.15) is 0 Å². The van der Waals surface area contributed by atoms with Crippen LogP contribution in [0.3, 0.4) is 0 Å². The first-order chi connectivity index (χ1) is 7.67. The molecule has 0 spiro atoms. The summed E-state index contributed by atoms with van der Waals surface area (Å²) in [5, 5.41) is 2.92. The Kier molecular flexibility index (Phi) is 2.49. The summed E-state index contributed by atoms with van der Waals surface area (Å²) in [6, 6.07) is -0.253. The fourth-order valence-electron chi connectivity index (χ4n) is 1.68. The van der Waals surface area contributed by atoms with E-state index in [0.29, 0.717) is 18.8 Å². The number of amides is 1. The van der Waals surface area contributed by atoms with Crippen molar-refractivity contribution >= 4 is 23.9 Å². The average Bonchev–Trinajstić information content (AvgIpc) is 2.27. The standard InChI is InChI=1S/C8H12N6O2/c9-1-4-2-11-6-5(14(4)3-15)7(16)13-8(10)12-6/h3-4H,1-2,9H2,(H4,10,11,12,13,16). The zero-order valence-electron chi connectivity index (χ0n) is 8.43. The van der Waals surface area contributed by atoms with E-state index in [4.69, 9.17) is 11.5 Å². The minimum Gasteiger partial charge on any atom is -0.369 e. The molecule has 0 bridgehead atoms. The third-order valence-electron chi connectivity index (χ3n) is 2.46. The highest BCUT2D eigenvalue weighted by atomic mass is 16.1. The molecule has 0 aromatic carbocycles. The molecule has 0 fully saturated rings. The normalized spacial score (nSPS) is 18.8. The summed E-state index contributed by atoms with van der Waals surface area (Å²) in [5.41, 5.74) is 10.6. The molecule has 6 N–H and O–H groups in total. The van der Waals surface area contributed by atoms with E-state index in [1.165, 1.54) is 4.90 Å². The largest absolute Gasteiger partial charge is 0.369 e. The smallest absolute Gasteiger partial charge is 0.278 e. The second-order valence-electron chi connectivity index (χ2n) is 3.43. The van der Waals surface area contributed by atoms with Gasteiger partial charge in [0.05, 0.1) is 6.04 Å². The Bertz CT molecular complexity index is 470. The van der Waals surface area contributed by atoms with Gasteiger partial charge in [0.25, 0.3) is 5.56 Å². The maximum absolute atomic E-state index is 11.7. The van der Waals surface area contributed by atoms with Crippen molar-refractivity contribution in [1.29, 1.82) is 0 Å². The van der Waals surface area contributed by atoms with Crippen molar-refractivity contribution in [2.45, 2.75) is 6.04 Å². The third kappa shape index (κ3) is 1.48. The van der Waals surface area contributed by atoms with Gasteiger partial charge in [-0.1, -0.05) is 0 Å². The molecule has 0 saturated carbocycles. The predicted molar refractivity (Wildman–Crippen MR) is 59.1 cm³/mol. The van der Waals surface area contributed by atoms with E-state index in [1.807, 2.05) is 0 Å². The molecule has 2 rings (SSSR count). The second-order valence-corrected chi connectivity index (χ2v) is 3.43. The Morgan fingerprint density at radius 1 is 1.62 bits per heavy atom. The number of fused-ring (bicyclic) bond motifs is 1. The molecule has 1 aromatic heterocycles. The van der Waals surface area contributed by atoms with Crippen LogP contribution >= 0.6 is 0 Å². The number of hydrogen-bond acceptors (Lipinski definition) is 6. The van der Waals surface area contributed by atoms with Gasteiger partial charge in [-0.25, -0.2) is 0 Å². The molecule has 1 amide bonds. The molecule has 1 unspecified atom stereocenters. The van der Waals surface area contributed by atoms with Gasteiger partial charge in [0.15, 0.2) is 11.5 Å². The van der Waals surface area contributed by atoms with Gasteiger partial charge in [-0.15, -0.1) is 0 Å². The minimum atomic E-state index is -0.458. The molecule has 16 heavy (non-hydrogen) atoms. The first-order valence-corrected chi connectivity index (χ1v) is 4.74. The summed E-state index contributed by atoms with van der Waals surface area (Å²) in [5.74, 6) is 0.311. The van der Waals surface area contributed by atoms with E-state index in [-0.39, 0.29) is 24.2 Å². The molecule has 2 heterocycles. The average molecular weight is 224 g/mol. The van der Waals surface area contributed by atoms with Crippen molar-refractivity contribution < 1.29 is 4.79 Å². The zero-order chi connectivity index (χ0) is 11.7. The van der Waals surface area contributed by atoms with Crippen molar-refractivity contribution in [3.05, 3.63) is 10.4 Å². The third-order valence-corrected chi connectivity index (χ3v) is 2.46. The molecule has 0 saturated heterocycles. The zero-order valence-corrected chi connectivity index (χ0v) is 8.43. The van der Waals surface area contributed by atoms with Crippen LogP contribution in [0, 0.1) is 0 Å². The number of nitrogens with two attached hydrogens (primary N) is 2. The number of nitrogens with one attached hydrogen (secondary N) is 2. The highest BCUT2D eigenvalue weighted by Gasteiger charge is 2.28. The highest BCUT2D eigenvalue weighted by molar-refractivity contribution is 5.84. The summed E-state index contributed by atoms with van der Waals surface area (Å²) in [7, 11) is 0. The lowest BCUT2D eigenvalue weighted by Gasteiger charge is -2.32. The molecule has 8 heteroatoms. The van der Waals surface area contributed by atoms with Gasteiger partial charge in [0.1, 0.15) is 0 Å². The van der Waals surface area contributed by atoms with Crippen LogP contribution < -0.4 is 27.2 Å². The van der Waals surface area contributed by atoms with Crippen molar-refractivity contribution in [1.82, 2.24) is 9.97 Å². The quantitative estimate of drug-likeness (QED) is 0.433. The van der Waals surface area contributed by atoms with E-state index in [1.54, 1.807) is 0 Å². The number of carbonyl (C=O) groups is 1. The molecule has 86 valence electrons. The second kappa shape index (κ2) is 3.81. The summed E-state index contributed by atoms with van der Waals surface area (Å²) in [6.07, 6.45) is 0.574. The van der Waals surface area contributed by atoms with E-state index in [9.17, 15) is 9.59 Å². The topological polar surface area (TPSA) is 130 Å². The molecule has 0 aliphatic carbocycles. The molecular weight excluding hydrogens is 212 g/mol. The number of H-pyrrole nitrogens is 1. The number of hydrogen-bond donors (Lipinski definition) is 4. The summed E-state index contributed by atoms with van der Waals surface area (Å²) in [6.45, 7) is 0.702. The van der Waals surface area contributed by atoms with Crippen LogP contribution in [-0.2, 0) is 4.79 Å². The number of nitrogen functional groups attached to an aromatic ring is 1. The summed E-state index contributed by atoms with van der Waals surface area (Å²) in [4.78, 5) is 30.1. The van der Waals surface area contributed by atoms with Crippen LogP contribution in [-0.4, -0.2) is 35.5 Å². The number of aromatic nitrogens is 2. The van der Waals surface area contributed by atoms with Gasteiger partial charge in [-0.05, 0) is 0 Å². The van der Waals surface area contributed by atoms with Crippen molar-refractivity contribution in [2.75, 3.05) is 29.0 Å². The van der Waals surface area contributed by atoms with Gasteiger partial charge >= 0.3 is 0 Å². The highest BCUT2D eigenvalue weighted by Crippen LogP contribution is 2.24. The molecule has 0 radical (unpaired) electrons. The number of nitrogens with zero attached hydrogens (tertiary/aromatic N) is 2. The fourth-order valence-corrected chi connectivity index (χ4v) is 1.68. The van der Waals surface area contributed by atoms with Gasteiger partial charge in [0.2, 0.25) is 12.4 Å². The minimum absolute atomic E-state index is 0.00768. The number of anilines is 3. The van der Waals surface area contributed by atoms with Crippen molar-refractivity contribution in [3.8, 4) is 0 Å². The number of carbonyl (C=O) groups excluding carboxylic acids is 1. The van der Waals surface area contributed by atoms with Crippen LogP contribution in [0.5, 0.6) is 0 Å². The lowest BCUT2D eigenvalue weighted by Crippen LogP contribution is -2.50. The SMILES string of the molecule is NCC1CNc2nc(N)[nH]c(=O)c2N1C=O. The van der Waals surface area contributed by atoms with Gasteiger partial charge in [0, 0.05) is 13.1 Å². The van der Waals surface area contributed by atoms with Gasteiger partial charge < -0.3 is 21.7 Å². The van der Waals surface area contributed by atoms with E-state index in [2.05, 4.69) is 15.3 Å². The Morgan fingerprint density at radius 2 is 2.38 bits per heavy atom. The molecule has 1 aliphatic rings. The Balaban J connectivity index is 2.56. The molecule has 8 nitrogen and oxygen atoms in total. The molecule has 1 aliphatic heterocycles. The molecule has 1 aromatic rings. The molecule has 1 atom stereocenters. The van der Waals surface area contributed by atoms with Crippen molar-refractivity contribution in [2.24, 2.45) is 5.73 Å². The first-order valence-electron chi connectivity index (χ1n) is 4.74. The lowest BCUT2D eigenvalue weighted by molar-refractivity contribution is -0.107. The number of rotatable bonds is 2. The van der Waals surface area contributed by atoms with Crippen LogP contribution in [0.25, 0.3) is 0 Å². The summed E-state index contributed by atoms with van der Waals surface area (Å²) < 4.78 is 0. The monoisotopic (exact) mass is 224 g/mol. The van der Waals surface area contributed by atoms with E-state index >= 15 is 0 Å². The van der Waals surface area contributed by atoms with Crippen LogP contribution in [0.2, 0.25) is 0 Å². The van der Waals surface area contributed by atoms with Gasteiger partial charge in [-0.3, -0.25) is 14.6 Å². The van der Waals surface area contributed by atoms with E-state index in [0.717, 1.165) is 0 Å². The predicted octanol–water partition coefficient (Wildman–Crippen LogP) is -1.93. The Hall–Kier alpha value is -2.09. The molecular formula is C8H12N6O2. The van der Waals surface area contributed by atoms with Crippen molar-refractivity contribution in [3.63, 3.8) is 0 Å². The van der Waals surface area contributed by atoms with Crippen LogP contribution in [0.15, 0.2) is 4.79 Å². The fraction of sp³-hybridized carbons (Fsp3) is 0.375.